The molecule has 1 fully saturated rings. The number of amides is 2. The Labute approximate surface area is 125 Å². The molecular weight excluding hydrogens is 269 g/mol. The zero-order chi connectivity index (χ0) is 15.4. The number of carbonyl (C=O) groups is 1. The van der Waals surface area contributed by atoms with Gasteiger partial charge in [0.2, 0.25) is 0 Å². The van der Waals surface area contributed by atoms with Gasteiger partial charge in [0, 0.05) is 24.8 Å². The van der Waals surface area contributed by atoms with Gasteiger partial charge in [0.25, 0.3) is 0 Å². The maximum absolute atomic E-state index is 13.3. The van der Waals surface area contributed by atoms with Crippen LogP contribution in [0.3, 0.4) is 0 Å². The fraction of sp³-hybridized carbons (Fsp3) is 0.562. The van der Waals surface area contributed by atoms with Gasteiger partial charge in [-0.1, -0.05) is 6.07 Å². The molecule has 0 spiro atoms. The van der Waals surface area contributed by atoms with Gasteiger partial charge >= 0.3 is 6.03 Å². The number of rotatable bonds is 2. The summed E-state index contributed by atoms with van der Waals surface area (Å²) in [6.07, 6.45) is 3.08. The third-order valence-corrected chi connectivity index (χ3v) is 4.16. The summed E-state index contributed by atoms with van der Waals surface area (Å²) in [5, 5.41) is 2.83. The molecule has 1 saturated heterocycles. The fourth-order valence-electron chi connectivity index (χ4n) is 2.72. The van der Waals surface area contributed by atoms with Gasteiger partial charge in [-0.05, 0) is 58.0 Å². The van der Waals surface area contributed by atoms with Crippen LogP contribution < -0.4 is 5.32 Å². The smallest absolute Gasteiger partial charge is 0.321 e. The number of nitrogens with zero attached hydrogens (tertiary/aromatic N) is 2. The molecule has 1 atom stereocenters. The molecule has 0 bridgehead atoms. The van der Waals surface area contributed by atoms with E-state index in [1.165, 1.54) is 12.1 Å². The maximum Gasteiger partial charge on any atom is 0.321 e. The van der Waals surface area contributed by atoms with Crippen molar-refractivity contribution < 1.29 is 9.18 Å². The Balaban J connectivity index is 1.98. The first-order valence-electron chi connectivity index (χ1n) is 7.46. The van der Waals surface area contributed by atoms with E-state index in [4.69, 9.17) is 0 Å². The Morgan fingerprint density at radius 2 is 2.10 bits per heavy atom. The number of hydrogen-bond acceptors (Lipinski definition) is 2. The summed E-state index contributed by atoms with van der Waals surface area (Å²) in [6, 6.07) is 4.84. The molecule has 21 heavy (non-hydrogen) atoms. The van der Waals surface area contributed by atoms with Crippen molar-refractivity contribution in [3.63, 3.8) is 0 Å². The van der Waals surface area contributed by atoms with Crippen LogP contribution in [0.4, 0.5) is 14.9 Å². The quantitative estimate of drug-likeness (QED) is 0.909. The van der Waals surface area contributed by atoms with Crippen LogP contribution in [0.25, 0.3) is 0 Å². The highest BCUT2D eigenvalue weighted by molar-refractivity contribution is 5.90. The highest BCUT2D eigenvalue weighted by atomic mass is 19.1. The van der Waals surface area contributed by atoms with Crippen LogP contribution in [0.5, 0.6) is 0 Å². The lowest BCUT2D eigenvalue weighted by molar-refractivity contribution is 0.210. The summed E-state index contributed by atoms with van der Waals surface area (Å²) < 4.78 is 13.3. The number of carbonyl (C=O) groups excluding carboxylic acids is 1. The van der Waals surface area contributed by atoms with Gasteiger partial charge in [-0.3, -0.25) is 0 Å². The van der Waals surface area contributed by atoms with E-state index in [9.17, 15) is 9.18 Å². The molecule has 4 nitrogen and oxygen atoms in total. The SMILES string of the molecule is Cc1ccc(F)cc1NC(=O)N1CCC[C@H](N(C)C)CC1. The van der Waals surface area contributed by atoms with Gasteiger partial charge in [-0.15, -0.1) is 0 Å². The first-order valence-corrected chi connectivity index (χ1v) is 7.46. The van der Waals surface area contributed by atoms with Gasteiger partial charge in [-0.2, -0.15) is 0 Å². The van der Waals surface area contributed by atoms with E-state index in [-0.39, 0.29) is 11.8 Å². The summed E-state index contributed by atoms with van der Waals surface area (Å²) in [7, 11) is 4.16. The van der Waals surface area contributed by atoms with E-state index >= 15 is 0 Å². The molecule has 0 radical (unpaired) electrons. The van der Waals surface area contributed by atoms with Gasteiger partial charge in [0.15, 0.2) is 0 Å². The molecular formula is C16H24FN3O. The zero-order valence-electron chi connectivity index (χ0n) is 13.0. The van der Waals surface area contributed by atoms with Crippen LogP contribution in [-0.2, 0) is 0 Å². The maximum atomic E-state index is 13.3. The lowest BCUT2D eigenvalue weighted by Crippen LogP contribution is -2.36. The first-order chi connectivity index (χ1) is 9.97. The van der Waals surface area contributed by atoms with Crippen LogP contribution in [0, 0.1) is 12.7 Å². The predicted octanol–water partition coefficient (Wildman–Crippen LogP) is 3.08. The summed E-state index contributed by atoms with van der Waals surface area (Å²) in [4.78, 5) is 16.4. The van der Waals surface area contributed by atoms with Gasteiger partial charge in [-0.25, -0.2) is 9.18 Å². The molecule has 1 aromatic carbocycles. The largest absolute Gasteiger partial charge is 0.324 e. The molecule has 0 aliphatic carbocycles. The average molecular weight is 293 g/mol. The Hall–Kier alpha value is -1.62. The molecule has 1 N–H and O–H groups in total. The molecule has 1 aromatic rings. The third kappa shape index (κ3) is 4.17. The topological polar surface area (TPSA) is 35.6 Å². The number of benzene rings is 1. The number of aryl methyl sites for hydroxylation is 1. The summed E-state index contributed by atoms with van der Waals surface area (Å²) in [5.41, 5.74) is 1.42. The number of nitrogens with one attached hydrogen (secondary N) is 1. The molecule has 1 aliphatic heterocycles. The van der Waals surface area contributed by atoms with E-state index < -0.39 is 0 Å². The number of anilines is 1. The van der Waals surface area contributed by atoms with Crippen LogP contribution in [0.15, 0.2) is 18.2 Å². The Morgan fingerprint density at radius 1 is 1.33 bits per heavy atom. The lowest BCUT2D eigenvalue weighted by atomic mass is 10.1. The Morgan fingerprint density at radius 3 is 2.81 bits per heavy atom. The second-order valence-electron chi connectivity index (χ2n) is 5.92. The normalized spacial score (nSPS) is 19.5. The van der Waals surface area contributed by atoms with E-state index in [2.05, 4.69) is 24.3 Å². The molecule has 2 amide bonds. The lowest BCUT2D eigenvalue weighted by Gasteiger charge is -2.24. The van der Waals surface area contributed by atoms with Crippen molar-refractivity contribution >= 4 is 11.7 Å². The van der Waals surface area contributed by atoms with Gasteiger partial charge in [0.1, 0.15) is 5.82 Å². The van der Waals surface area contributed by atoms with Gasteiger partial charge < -0.3 is 15.1 Å². The van der Waals surface area contributed by atoms with Crippen LogP contribution in [0.2, 0.25) is 0 Å². The summed E-state index contributed by atoms with van der Waals surface area (Å²) in [6.45, 7) is 3.35. The standard InChI is InChI=1S/C16H24FN3O/c1-12-6-7-13(17)11-15(12)18-16(21)20-9-4-5-14(8-10-20)19(2)3/h6-7,11,14H,4-5,8-10H2,1-3H3,(H,18,21)/t14-/m0/s1. The minimum Gasteiger partial charge on any atom is -0.324 e. The first kappa shape index (κ1) is 15.8. The molecule has 116 valence electrons. The molecule has 1 heterocycles. The van der Waals surface area contributed by atoms with Gasteiger partial charge in [0.05, 0.1) is 0 Å². The highest BCUT2D eigenvalue weighted by Gasteiger charge is 2.22. The minimum atomic E-state index is -0.334. The number of urea groups is 1. The second kappa shape index (κ2) is 6.89. The number of halogens is 1. The Kier molecular flexibility index (Phi) is 5.17. The van der Waals surface area contributed by atoms with Crippen LogP contribution in [0.1, 0.15) is 24.8 Å². The fourth-order valence-corrected chi connectivity index (χ4v) is 2.72. The van der Waals surface area contributed by atoms with Crippen molar-refractivity contribution in [1.82, 2.24) is 9.80 Å². The second-order valence-corrected chi connectivity index (χ2v) is 5.92. The van der Waals surface area contributed by atoms with Crippen molar-refractivity contribution in [3.05, 3.63) is 29.6 Å². The molecule has 0 aromatic heterocycles. The molecule has 5 heteroatoms. The van der Waals surface area contributed by atoms with Crippen LogP contribution in [-0.4, -0.2) is 49.1 Å². The van der Waals surface area contributed by atoms with E-state index in [0.717, 1.165) is 37.9 Å². The molecule has 0 unspecified atom stereocenters. The number of likely N-dealkylation sites (tertiary alicyclic amines) is 1. The highest BCUT2D eigenvalue weighted by Crippen LogP contribution is 2.19. The minimum absolute atomic E-state index is 0.136. The zero-order valence-corrected chi connectivity index (χ0v) is 13.0. The number of hydrogen-bond donors (Lipinski definition) is 1. The molecule has 0 saturated carbocycles. The Bertz CT molecular complexity index is 504. The average Bonchev–Trinajstić information content (AvgIpc) is 2.68. The predicted molar refractivity (Wildman–Crippen MR) is 83.1 cm³/mol. The van der Waals surface area contributed by atoms with Crippen molar-refractivity contribution in [2.24, 2.45) is 0 Å². The van der Waals surface area contributed by atoms with Crippen molar-refractivity contribution in [2.45, 2.75) is 32.2 Å². The van der Waals surface area contributed by atoms with Crippen LogP contribution >= 0.6 is 0 Å². The van der Waals surface area contributed by atoms with E-state index in [0.29, 0.717) is 11.7 Å². The van der Waals surface area contributed by atoms with Crippen molar-refractivity contribution in [3.8, 4) is 0 Å². The molecule has 1 aliphatic rings. The van der Waals surface area contributed by atoms with E-state index in [1.807, 2.05) is 11.8 Å². The monoisotopic (exact) mass is 293 g/mol. The van der Waals surface area contributed by atoms with E-state index in [1.54, 1.807) is 6.07 Å². The summed E-state index contributed by atoms with van der Waals surface area (Å²) >= 11 is 0. The van der Waals surface area contributed by atoms with Crippen molar-refractivity contribution in [2.75, 3.05) is 32.5 Å². The molecule has 2 rings (SSSR count). The summed E-state index contributed by atoms with van der Waals surface area (Å²) in [5.74, 6) is -0.334. The van der Waals surface area contributed by atoms with Crippen molar-refractivity contribution in [1.29, 1.82) is 0 Å². The third-order valence-electron chi connectivity index (χ3n) is 4.16.